The number of hydrogen-bond donors (Lipinski definition) is 3. The van der Waals surface area contributed by atoms with Crippen molar-refractivity contribution in [3.05, 3.63) is 60.2 Å². The highest BCUT2D eigenvalue weighted by molar-refractivity contribution is 5.91. The predicted octanol–water partition coefficient (Wildman–Crippen LogP) is 3.20. The number of nitrogens with one attached hydrogen (secondary N) is 3. The number of aryl methyl sites for hydroxylation is 1. The smallest absolute Gasteiger partial charge is 0.239 e. The minimum atomic E-state index is -0.0425. The minimum absolute atomic E-state index is 0.0262. The first kappa shape index (κ1) is 18.5. The maximum atomic E-state index is 12.1. The van der Waals surface area contributed by atoms with Crippen LogP contribution in [-0.4, -0.2) is 24.9 Å². The molecule has 0 heterocycles. The number of amides is 2. The van der Waals surface area contributed by atoms with Crippen LogP contribution >= 0.6 is 0 Å². The van der Waals surface area contributed by atoms with Crippen molar-refractivity contribution in [2.24, 2.45) is 0 Å². The molecular formula is C20H25N3O2. The lowest BCUT2D eigenvalue weighted by atomic mass is 10.1. The monoisotopic (exact) mass is 339 g/mol. The molecule has 2 amide bonds. The van der Waals surface area contributed by atoms with E-state index in [1.165, 1.54) is 0 Å². The molecule has 0 atom stereocenters. The molecule has 5 nitrogen and oxygen atoms in total. The number of carbonyl (C=O) groups is 2. The molecule has 0 radical (unpaired) electrons. The van der Waals surface area contributed by atoms with Gasteiger partial charge in [-0.3, -0.25) is 9.59 Å². The van der Waals surface area contributed by atoms with Gasteiger partial charge in [0.2, 0.25) is 11.8 Å². The Labute approximate surface area is 148 Å². The van der Waals surface area contributed by atoms with Crippen LogP contribution in [0.5, 0.6) is 0 Å². The molecule has 0 spiro atoms. The lowest BCUT2D eigenvalue weighted by Gasteiger charge is -2.10. The zero-order valence-electron chi connectivity index (χ0n) is 14.5. The highest BCUT2D eigenvalue weighted by Gasteiger charge is 2.05. The first-order chi connectivity index (χ1) is 12.2. The lowest BCUT2D eigenvalue weighted by molar-refractivity contribution is -0.119. The Morgan fingerprint density at radius 3 is 2.44 bits per heavy atom. The summed E-state index contributed by atoms with van der Waals surface area (Å²) in [4.78, 5) is 23.7. The lowest BCUT2D eigenvalue weighted by Crippen LogP contribution is -2.30. The van der Waals surface area contributed by atoms with Crippen molar-refractivity contribution < 1.29 is 9.59 Å². The van der Waals surface area contributed by atoms with Gasteiger partial charge in [0.25, 0.3) is 0 Å². The van der Waals surface area contributed by atoms with Crippen molar-refractivity contribution in [2.75, 3.05) is 23.7 Å². The van der Waals surface area contributed by atoms with Crippen LogP contribution in [0.25, 0.3) is 0 Å². The Kier molecular flexibility index (Phi) is 7.50. The molecule has 0 aromatic heterocycles. The third kappa shape index (κ3) is 7.08. The van der Waals surface area contributed by atoms with Gasteiger partial charge in [0, 0.05) is 24.3 Å². The van der Waals surface area contributed by atoms with Crippen molar-refractivity contribution >= 4 is 23.2 Å². The molecular weight excluding hydrogens is 314 g/mol. The fourth-order valence-electron chi connectivity index (χ4n) is 2.34. The molecule has 0 aliphatic carbocycles. The Balaban J connectivity index is 1.80. The Bertz CT molecular complexity index is 686. The van der Waals surface area contributed by atoms with Gasteiger partial charge in [-0.25, -0.2) is 0 Å². The summed E-state index contributed by atoms with van der Waals surface area (Å²) in [6.07, 6.45) is 2.06. The molecule has 0 aliphatic heterocycles. The molecule has 0 unspecified atom stereocenters. The molecule has 25 heavy (non-hydrogen) atoms. The number of anilines is 2. The summed E-state index contributed by atoms with van der Waals surface area (Å²) in [7, 11) is 0. The van der Waals surface area contributed by atoms with E-state index in [0.29, 0.717) is 19.4 Å². The number of carbonyl (C=O) groups excluding carboxylic acids is 2. The van der Waals surface area contributed by atoms with Crippen LogP contribution in [-0.2, 0) is 16.0 Å². The minimum Gasteiger partial charge on any atom is -0.376 e. The van der Waals surface area contributed by atoms with Gasteiger partial charge in [0.1, 0.15) is 0 Å². The van der Waals surface area contributed by atoms with Crippen LogP contribution in [0.3, 0.4) is 0 Å². The molecule has 5 heteroatoms. The van der Waals surface area contributed by atoms with Crippen LogP contribution in [0.15, 0.2) is 54.6 Å². The van der Waals surface area contributed by atoms with Gasteiger partial charge in [-0.05, 0) is 36.6 Å². The summed E-state index contributed by atoms with van der Waals surface area (Å²) in [6.45, 7) is 2.90. The zero-order valence-corrected chi connectivity index (χ0v) is 14.5. The van der Waals surface area contributed by atoms with E-state index in [4.69, 9.17) is 0 Å². The third-order valence-electron chi connectivity index (χ3n) is 3.66. The van der Waals surface area contributed by atoms with Crippen molar-refractivity contribution in [1.82, 2.24) is 5.32 Å². The third-order valence-corrected chi connectivity index (χ3v) is 3.66. The average Bonchev–Trinajstić information content (AvgIpc) is 2.64. The van der Waals surface area contributed by atoms with Gasteiger partial charge in [0.15, 0.2) is 0 Å². The maximum absolute atomic E-state index is 12.1. The number of rotatable bonds is 9. The second kappa shape index (κ2) is 10.1. The molecule has 2 aromatic carbocycles. The van der Waals surface area contributed by atoms with E-state index >= 15 is 0 Å². The van der Waals surface area contributed by atoms with E-state index in [1.54, 1.807) is 0 Å². The predicted molar refractivity (Wildman–Crippen MR) is 102 cm³/mol. The largest absolute Gasteiger partial charge is 0.376 e. The van der Waals surface area contributed by atoms with Crippen LogP contribution in [0.4, 0.5) is 11.4 Å². The van der Waals surface area contributed by atoms with E-state index in [2.05, 4.69) is 16.0 Å². The van der Waals surface area contributed by atoms with Crippen LogP contribution in [0.2, 0.25) is 0 Å². The van der Waals surface area contributed by atoms with Crippen molar-refractivity contribution in [3.63, 3.8) is 0 Å². The van der Waals surface area contributed by atoms with Gasteiger partial charge < -0.3 is 16.0 Å². The van der Waals surface area contributed by atoms with Gasteiger partial charge in [0.05, 0.1) is 6.54 Å². The fourth-order valence-corrected chi connectivity index (χ4v) is 2.34. The van der Waals surface area contributed by atoms with E-state index in [0.717, 1.165) is 23.4 Å². The van der Waals surface area contributed by atoms with Crippen LogP contribution in [0.1, 0.15) is 25.3 Å². The van der Waals surface area contributed by atoms with Gasteiger partial charge in [-0.1, -0.05) is 43.3 Å². The standard InChI is InChI=1S/C20H25N3O2/c1-2-13-21-20(25)15-22-17-9-6-10-18(14-17)23-19(24)12-11-16-7-4-3-5-8-16/h3-10,14,22H,2,11-13,15H2,1H3,(H,21,25)(H,23,24). The maximum Gasteiger partial charge on any atom is 0.239 e. The SMILES string of the molecule is CCCNC(=O)CNc1cccc(NC(=O)CCc2ccccc2)c1. The Morgan fingerprint density at radius 2 is 1.68 bits per heavy atom. The summed E-state index contributed by atoms with van der Waals surface area (Å²) >= 11 is 0. The molecule has 0 fully saturated rings. The summed E-state index contributed by atoms with van der Waals surface area (Å²) < 4.78 is 0. The fraction of sp³-hybridized carbons (Fsp3) is 0.300. The number of benzene rings is 2. The molecule has 0 saturated carbocycles. The first-order valence-electron chi connectivity index (χ1n) is 8.62. The van der Waals surface area contributed by atoms with E-state index in [1.807, 2.05) is 61.5 Å². The molecule has 132 valence electrons. The quantitative estimate of drug-likeness (QED) is 0.657. The molecule has 2 rings (SSSR count). The van der Waals surface area contributed by atoms with Crippen molar-refractivity contribution in [2.45, 2.75) is 26.2 Å². The van der Waals surface area contributed by atoms with Gasteiger partial charge in [-0.15, -0.1) is 0 Å². The van der Waals surface area contributed by atoms with E-state index < -0.39 is 0 Å². The first-order valence-corrected chi connectivity index (χ1v) is 8.62. The Morgan fingerprint density at radius 1 is 0.920 bits per heavy atom. The second-order valence-corrected chi connectivity index (χ2v) is 5.82. The highest BCUT2D eigenvalue weighted by Crippen LogP contribution is 2.15. The highest BCUT2D eigenvalue weighted by atomic mass is 16.2. The van der Waals surface area contributed by atoms with Crippen molar-refractivity contribution in [1.29, 1.82) is 0 Å². The summed E-state index contributed by atoms with van der Waals surface area (Å²) in [5.41, 5.74) is 2.66. The molecule has 0 aliphatic rings. The van der Waals surface area contributed by atoms with E-state index in [9.17, 15) is 9.59 Å². The van der Waals surface area contributed by atoms with Gasteiger partial charge in [-0.2, -0.15) is 0 Å². The summed E-state index contributed by atoms with van der Waals surface area (Å²) in [5, 5.41) is 8.77. The summed E-state index contributed by atoms with van der Waals surface area (Å²) in [6, 6.07) is 17.3. The second-order valence-electron chi connectivity index (χ2n) is 5.82. The molecule has 0 bridgehead atoms. The van der Waals surface area contributed by atoms with Crippen LogP contribution in [0, 0.1) is 0 Å². The topological polar surface area (TPSA) is 70.2 Å². The number of hydrogen-bond acceptors (Lipinski definition) is 3. The normalized spacial score (nSPS) is 10.1. The Hall–Kier alpha value is -2.82. The summed E-state index contributed by atoms with van der Waals surface area (Å²) in [5.74, 6) is -0.0687. The zero-order chi connectivity index (χ0) is 17.9. The van der Waals surface area contributed by atoms with Gasteiger partial charge >= 0.3 is 0 Å². The molecule has 3 N–H and O–H groups in total. The molecule has 0 saturated heterocycles. The van der Waals surface area contributed by atoms with E-state index in [-0.39, 0.29) is 18.4 Å². The molecule has 2 aromatic rings. The van der Waals surface area contributed by atoms with Crippen molar-refractivity contribution in [3.8, 4) is 0 Å². The van der Waals surface area contributed by atoms with Crippen LogP contribution < -0.4 is 16.0 Å². The average molecular weight is 339 g/mol.